The maximum absolute atomic E-state index is 12.1. The maximum atomic E-state index is 12.1. The van der Waals surface area contributed by atoms with Crippen molar-refractivity contribution in [3.8, 4) is 0 Å². The van der Waals surface area contributed by atoms with E-state index in [1.54, 1.807) is 0 Å². The zero-order valence-electron chi connectivity index (χ0n) is 15.9. The molecule has 6 heteroatoms. The molecule has 24 heavy (non-hydrogen) atoms. The number of nitrogens with one attached hydrogen (secondary N) is 1. The molecule has 0 bridgehead atoms. The molecule has 0 radical (unpaired) electrons. The Kier molecular flexibility index (Phi) is 8.70. The summed E-state index contributed by atoms with van der Waals surface area (Å²) in [6.07, 6.45) is 4.52. The third-order valence-corrected chi connectivity index (χ3v) is 4.75. The zero-order valence-corrected chi connectivity index (χ0v) is 15.9. The number of rotatable bonds is 9. The van der Waals surface area contributed by atoms with Gasteiger partial charge in [0.25, 0.3) is 0 Å². The molecule has 6 nitrogen and oxygen atoms in total. The lowest BCUT2D eigenvalue weighted by molar-refractivity contribution is -0.150. The van der Waals surface area contributed by atoms with Crippen LogP contribution in [0.1, 0.15) is 52.9 Å². The van der Waals surface area contributed by atoms with Gasteiger partial charge in [0, 0.05) is 13.1 Å². The molecular formula is C18H34N2O4. The smallest absolute Gasteiger partial charge is 0.323 e. The van der Waals surface area contributed by atoms with Crippen molar-refractivity contribution < 1.29 is 19.1 Å². The Bertz CT molecular complexity index is 412. The molecule has 1 heterocycles. The summed E-state index contributed by atoms with van der Waals surface area (Å²) in [6, 6.07) is -0.540. The minimum absolute atomic E-state index is 0.168. The molecule has 0 amide bonds. The average Bonchev–Trinajstić information content (AvgIpc) is 2.56. The lowest BCUT2D eigenvalue weighted by Crippen LogP contribution is -2.52. The van der Waals surface area contributed by atoms with E-state index in [1.165, 1.54) is 14.2 Å². The number of piperidine rings is 1. The van der Waals surface area contributed by atoms with E-state index < -0.39 is 0 Å². The van der Waals surface area contributed by atoms with E-state index in [2.05, 4.69) is 31.0 Å². The van der Waals surface area contributed by atoms with Crippen LogP contribution in [0.5, 0.6) is 0 Å². The second kappa shape index (κ2) is 9.99. The normalized spacial score (nSPS) is 22.0. The quantitative estimate of drug-likeness (QED) is 0.510. The van der Waals surface area contributed by atoms with Crippen molar-refractivity contribution in [1.29, 1.82) is 0 Å². The Morgan fingerprint density at radius 2 is 2.00 bits per heavy atom. The van der Waals surface area contributed by atoms with Crippen molar-refractivity contribution in [1.82, 2.24) is 10.2 Å². The average molecular weight is 342 g/mol. The van der Waals surface area contributed by atoms with Gasteiger partial charge in [-0.1, -0.05) is 27.2 Å². The summed E-state index contributed by atoms with van der Waals surface area (Å²) in [7, 11) is 2.85. The molecule has 1 N–H and O–H groups in total. The Hall–Kier alpha value is -1.14. The first kappa shape index (κ1) is 20.9. The van der Waals surface area contributed by atoms with E-state index in [4.69, 9.17) is 9.47 Å². The van der Waals surface area contributed by atoms with Crippen molar-refractivity contribution in [2.45, 2.75) is 65.0 Å². The van der Waals surface area contributed by atoms with Crippen LogP contribution in [-0.4, -0.2) is 62.8 Å². The Morgan fingerprint density at radius 1 is 1.29 bits per heavy atom. The summed E-state index contributed by atoms with van der Waals surface area (Å²) in [5, 5.41) is 3.27. The Labute approximate surface area is 146 Å². The summed E-state index contributed by atoms with van der Waals surface area (Å²) in [5.74, 6) is -0.420. The first-order valence-electron chi connectivity index (χ1n) is 8.97. The van der Waals surface area contributed by atoms with Crippen LogP contribution < -0.4 is 5.32 Å². The maximum Gasteiger partial charge on any atom is 0.323 e. The summed E-state index contributed by atoms with van der Waals surface area (Å²) < 4.78 is 9.86. The molecule has 140 valence electrons. The molecule has 1 fully saturated rings. The van der Waals surface area contributed by atoms with E-state index >= 15 is 0 Å². The van der Waals surface area contributed by atoms with Gasteiger partial charge in [-0.05, 0) is 37.6 Å². The van der Waals surface area contributed by atoms with Crippen molar-refractivity contribution >= 4 is 11.9 Å². The first-order valence-corrected chi connectivity index (χ1v) is 8.97. The number of unbranched alkanes of at least 4 members (excludes halogenated alkanes) is 1. The van der Waals surface area contributed by atoms with Crippen LogP contribution in [0.2, 0.25) is 0 Å². The molecule has 0 spiro atoms. The van der Waals surface area contributed by atoms with Crippen LogP contribution in [0.25, 0.3) is 0 Å². The monoisotopic (exact) mass is 342 g/mol. The summed E-state index contributed by atoms with van der Waals surface area (Å²) >= 11 is 0. The van der Waals surface area contributed by atoms with Gasteiger partial charge in [0.1, 0.15) is 12.1 Å². The fraction of sp³-hybridized carbons (Fsp3) is 0.889. The summed E-state index contributed by atoms with van der Waals surface area (Å²) in [6.45, 7) is 8.83. The Morgan fingerprint density at radius 3 is 2.58 bits per heavy atom. The van der Waals surface area contributed by atoms with Gasteiger partial charge < -0.3 is 14.8 Å². The molecule has 0 aromatic rings. The number of hydrogen-bond acceptors (Lipinski definition) is 6. The van der Waals surface area contributed by atoms with Crippen molar-refractivity contribution in [3.05, 3.63) is 0 Å². The van der Waals surface area contributed by atoms with Gasteiger partial charge in [0.2, 0.25) is 0 Å². The lowest BCUT2D eigenvalue weighted by atomic mass is 9.81. The summed E-state index contributed by atoms with van der Waals surface area (Å²) in [4.78, 5) is 26.2. The van der Waals surface area contributed by atoms with Gasteiger partial charge >= 0.3 is 11.9 Å². The van der Waals surface area contributed by atoms with E-state index in [-0.39, 0.29) is 29.4 Å². The number of methoxy groups -OCH3 is 2. The Balaban J connectivity index is 2.68. The van der Waals surface area contributed by atoms with Crippen LogP contribution in [0.4, 0.5) is 0 Å². The van der Waals surface area contributed by atoms with Gasteiger partial charge in [-0.2, -0.15) is 0 Å². The molecule has 2 atom stereocenters. The number of carbonyl (C=O) groups is 2. The van der Waals surface area contributed by atoms with E-state index in [9.17, 15) is 9.59 Å². The summed E-state index contributed by atoms with van der Waals surface area (Å²) in [5.41, 5.74) is 0.168. The van der Waals surface area contributed by atoms with Crippen LogP contribution in [0.15, 0.2) is 0 Å². The van der Waals surface area contributed by atoms with Crippen LogP contribution in [0.3, 0.4) is 0 Å². The highest BCUT2D eigenvalue weighted by Gasteiger charge is 2.37. The largest absolute Gasteiger partial charge is 0.468 e. The topological polar surface area (TPSA) is 67.9 Å². The fourth-order valence-electron chi connectivity index (χ4n) is 3.28. The molecule has 1 rings (SSSR count). The van der Waals surface area contributed by atoms with Gasteiger partial charge in [-0.25, -0.2) is 0 Å². The molecule has 1 aliphatic heterocycles. The minimum atomic E-state index is -0.329. The highest BCUT2D eigenvalue weighted by atomic mass is 16.5. The van der Waals surface area contributed by atoms with Crippen molar-refractivity contribution in [2.75, 3.05) is 33.9 Å². The third-order valence-electron chi connectivity index (χ3n) is 4.75. The number of ether oxygens (including phenoxy) is 2. The molecule has 0 saturated carbocycles. The molecule has 1 saturated heterocycles. The highest BCUT2D eigenvalue weighted by Crippen LogP contribution is 2.32. The molecule has 0 aliphatic carbocycles. The van der Waals surface area contributed by atoms with Crippen LogP contribution in [-0.2, 0) is 19.1 Å². The second-order valence-electron chi connectivity index (χ2n) is 7.38. The van der Waals surface area contributed by atoms with E-state index in [0.29, 0.717) is 13.0 Å². The van der Waals surface area contributed by atoms with E-state index in [1.807, 2.05) is 0 Å². The van der Waals surface area contributed by atoms with E-state index in [0.717, 1.165) is 38.8 Å². The standard InChI is InChI=1S/C18H34N2O4/c1-6-7-11-19-14(16(21)23-4)9-12-20-13-18(2,3)10-8-15(20)17(22)24-5/h14-15,19H,6-13H2,1-5H3. The van der Waals surface area contributed by atoms with Gasteiger partial charge in [0.05, 0.1) is 14.2 Å². The molecule has 0 aromatic carbocycles. The first-order chi connectivity index (χ1) is 11.3. The minimum Gasteiger partial charge on any atom is -0.468 e. The van der Waals surface area contributed by atoms with Crippen LogP contribution in [0, 0.1) is 5.41 Å². The van der Waals surface area contributed by atoms with Gasteiger partial charge in [-0.3, -0.25) is 14.5 Å². The predicted octanol–water partition coefficient (Wildman–Crippen LogP) is 1.97. The third kappa shape index (κ3) is 6.40. The predicted molar refractivity (Wildman–Crippen MR) is 93.7 cm³/mol. The molecular weight excluding hydrogens is 308 g/mol. The van der Waals surface area contributed by atoms with Gasteiger partial charge in [0.15, 0.2) is 0 Å². The highest BCUT2D eigenvalue weighted by molar-refractivity contribution is 5.76. The number of esters is 2. The lowest BCUT2D eigenvalue weighted by Gasteiger charge is -2.42. The van der Waals surface area contributed by atoms with Crippen molar-refractivity contribution in [3.63, 3.8) is 0 Å². The molecule has 0 aromatic heterocycles. The van der Waals surface area contributed by atoms with Gasteiger partial charge in [-0.15, -0.1) is 0 Å². The number of likely N-dealkylation sites (tertiary alicyclic amines) is 1. The second-order valence-corrected chi connectivity index (χ2v) is 7.38. The van der Waals surface area contributed by atoms with Crippen molar-refractivity contribution in [2.24, 2.45) is 5.41 Å². The molecule has 1 aliphatic rings. The zero-order chi connectivity index (χ0) is 18.2. The fourth-order valence-corrected chi connectivity index (χ4v) is 3.28. The van der Waals surface area contributed by atoms with Crippen LogP contribution >= 0.6 is 0 Å². The molecule has 2 unspecified atom stereocenters. The SMILES string of the molecule is CCCCNC(CCN1CC(C)(C)CCC1C(=O)OC)C(=O)OC. The number of hydrogen-bond donors (Lipinski definition) is 1. The number of carbonyl (C=O) groups excluding carboxylic acids is 2. The number of nitrogens with zero attached hydrogens (tertiary/aromatic N) is 1.